The number of fused-ring (bicyclic) bond motifs is 1. The Morgan fingerprint density at radius 3 is 2.86 bits per heavy atom. The number of aromatic nitrogens is 2. The van der Waals surface area contributed by atoms with Gasteiger partial charge in [0.05, 0.1) is 23.9 Å². The van der Waals surface area contributed by atoms with Crippen LogP contribution in [-0.4, -0.2) is 29.2 Å². The molecule has 0 saturated carbocycles. The summed E-state index contributed by atoms with van der Waals surface area (Å²) in [5.41, 5.74) is 3.09. The molecule has 0 aliphatic heterocycles. The molecule has 2 heterocycles. The van der Waals surface area contributed by atoms with Crippen LogP contribution >= 0.6 is 11.3 Å². The van der Waals surface area contributed by atoms with Crippen molar-refractivity contribution in [3.05, 3.63) is 81.7 Å². The summed E-state index contributed by atoms with van der Waals surface area (Å²) >= 11 is 1.45. The van der Waals surface area contributed by atoms with E-state index in [0.717, 1.165) is 21.2 Å². The lowest BCUT2D eigenvalue weighted by Crippen LogP contribution is -2.24. The van der Waals surface area contributed by atoms with Gasteiger partial charge in [-0.05, 0) is 34.4 Å². The number of ether oxygens (including phenoxy) is 1. The van der Waals surface area contributed by atoms with E-state index in [0.29, 0.717) is 11.4 Å². The Morgan fingerprint density at radius 2 is 2.07 bits per heavy atom. The summed E-state index contributed by atoms with van der Waals surface area (Å²) in [5, 5.41) is 7.90. The number of rotatable bonds is 5. The molecule has 4 aromatic rings. The van der Waals surface area contributed by atoms with Gasteiger partial charge in [-0.2, -0.15) is 10.1 Å². The van der Waals surface area contributed by atoms with E-state index in [1.54, 1.807) is 7.11 Å². The Morgan fingerprint density at radius 1 is 1.21 bits per heavy atom. The molecule has 0 bridgehead atoms. The molecule has 0 atom stereocenters. The van der Waals surface area contributed by atoms with E-state index in [4.69, 9.17) is 4.74 Å². The van der Waals surface area contributed by atoms with E-state index in [9.17, 15) is 9.59 Å². The minimum Gasteiger partial charge on any atom is -0.496 e. The minimum absolute atomic E-state index is 0.0146. The first-order valence-corrected chi connectivity index (χ1v) is 9.58. The number of amides is 1. The highest BCUT2D eigenvalue weighted by Crippen LogP contribution is 2.26. The van der Waals surface area contributed by atoms with Crippen molar-refractivity contribution in [3.63, 3.8) is 0 Å². The highest BCUT2D eigenvalue weighted by atomic mass is 32.1. The molecule has 7 nitrogen and oxygen atoms in total. The van der Waals surface area contributed by atoms with Crippen molar-refractivity contribution in [2.45, 2.75) is 0 Å². The van der Waals surface area contributed by atoms with E-state index in [1.165, 1.54) is 23.6 Å². The van der Waals surface area contributed by atoms with Crippen LogP contribution in [-0.2, 0) is 0 Å². The molecule has 4 rings (SSSR count). The van der Waals surface area contributed by atoms with Gasteiger partial charge in [0.25, 0.3) is 5.91 Å². The summed E-state index contributed by atoms with van der Waals surface area (Å²) in [5.74, 6) is 0.0559. The maximum absolute atomic E-state index is 12.5. The summed E-state index contributed by atoms with van der Waals surface area (Å²) in [6, 6.07) is 16.8. The first-order valence-electron chi connectivity index (χ1n) is 8.70. The first-order chi connectivity index (χ1) is 14.2. The third kappa shape index (κ3) is 3.92. The van der Waals surface area contributed by atoms with Crippen molar-refractivity contribution in [1.82, 2.24) is 15.4 Å². The monoisotopic (exact) mass is 404 g/mol. The van der Waals surface area contributed by atoms with Gasteiger partial charge in [0, 0.05) is 5.56 Å². The fourth-order valence-corrected chi connectivity index (χ4v) is 3.64. The highest BCUT2D eigenvalue weighted by molar-refractivity contribution is 7.13. The summed E-state index contributed by atoms with van der Waals surface area (Å²) in [6.45, 7) is 0. The van der Waals surface area contributed by atoms with Gasteiger partial charge in [0.15, 0.2) is 0 Å². The number of nitrogens with one attached hydrogen (secondary N) is 2. The lowest BCUT2D eigenvalue weighted by Gasteiger charge is -2.08. The number of methoxy groups -OCH3 is 1. The quantitative estimate of drug-likeness (QED) is 0.393. The second-order valence-corrected chi connectivity index (χ2v) is 7.01. The zero-order valence-electron chi connectivity index (χ0n) is 15.4. The SMILES string of the molecule is COc1ccc2ccccc2c1/C=N/NC(=O)c1cc(-c2cccs2)[nH]c(=O)n1. The molecular weight excluding hydrogens is 388 g/mol. The standard InChI is InChI=1S/C21H16N4O3S/c1-28-18-9-8-13-5-2-3-6-14(13)15(18)12-22-25-20(26)17-11-16(23-21(27)24-17)19-7-4-10-29-19/h2-12H,1H3,(H,25,26)(H,23,24,27)/b22-12+. The molecule has 144 valence electrons. The molecule has 0 unspecified atom stereocenters. The Kier molecular flexibility index (Phi) is 5.17. The summed E-state index contributed by atoms with van der Waals surface area (Å²) in [4.78, 5) is 31.5. The van der Waals surface area contributed by atoms with Crippen LogP contribution in [0, 0.1) is 0 Å². The number of hydrogen-bond acceptors (Lipinski definition) is 6. The van der Waals surface area contributed by atoms with Crippen LogP contribution in [0.2, 0.25) is 0 Å². The van der Waals surface area contributed by atoms with Crippen molar-refractivity contribution in [1.29, 1.82) is 0 Å². The van der Waals surface area contributed by atoms with Gasteiger partial charge in [0.2, 0.25) is 0 Å². The molecule has 8 heteroatoms. The third-order valence-electron chi connectivity index (χ3n) is 4.27. The number of thiophene rings is 1. The number of nitrogens with zero attached hydrogens (tertiary/aromatic N) is 2. The van der Waals surface area contributed by atoms with Crippen molar-refractivity contribution in [2.75, 3.05) is 7.11 Å². The first kappa shape index (κ1) is 18.6. The topological polar surface area (TPSA) is 96.4 Å². The zero-order valence-corrected chi connectivity index (χ0v) is 16.2. The normalized spacial score (nSPS) is 11.1. The molecule has 0 spiro atoms. The Balaban J connectivity index is 1.60. The van der Waals surface area contributed by atoms with Crippen molar-refractivity contribution >= 4 is 34.2 Å². The third-order valence-corrected chi connectivity index (χ3v) is 5.18. The van der Waals surface area contributed by atoms with Gasteiger partial charge in [0.1, 0.15) is 11.4 Å². The maximum atomic E-state index is 12.5. The second kappa shape index (κ2) is 8.07. The van der Waals surface area contributed by atoms with E-state index < -0.39 is 11.6 Å². The fourth-order valence-electron chi connectivity index (χ4n) is 2.94. The average Bonchev–Trinajstić information content (AvgIpc) is 3.28. The molecule has 1 amide bonds. The number of carbonyl (C=O) groups is 1. The Hall–Kier alpha value is -3.78. The molecule has 0 radical (unpaired) electrons. The summed E-state index contributed by atoms with van der Waals surface area (Å²) < 4.78 is 5.41. The number of benzene rings is 2. The van der Waals surface area contributed by atoms with Gasteiger partial charge in [-0.25, -0.2) is 10.2 Å². The van der Waals surface area contributed by atoms with Gasteiger partial charge in [-0.1, -0.05) is 36.4 Å². The Bertz CT molecular complexity index is 1260. The van der Waals surface area contributed by atoms with Crippen molar-refractivity contribution in [3.8, 4) is 16.3 Å². The number of hydrazone groups is 1. The predicted octanol–water partition coefficient (Wildman–Crippen LogP) is 3.42. The second-order valence-electron chi connectivity index (χ2n) is 6.06. The number of carbonyl (C=O) groups excluding carboxylic acids is 1. The predicted molar refractivity (Wildman–Crippen MR) is 114 cm³/mol. The van der Waals surface area contributed by atoms with Gasteiger partial charge in [-0.15, -0.1) is 11.3 Å². The van der Waals surface area contributed by atoms with Crippen LogP contribution in [0.15, 0.2) is 69.9 Å². The van der Waals surface area contributed by atoms with Crippen LogP contribution in [0.4, 0.5) is 0 Å². The van der Waals surface area contributed by atoms with Crippen LogP contribution < -0.4 is 15.9 Å². The van der Waals surface area contributed by atoms with Crippen LogP contribution in [0.3, 0.4) is 0 Å². The summed E-state index contributed by atoms with van der Waals surface area (Å²) in [7, 11) is 1.58. The molecule has 0 fully saturated rings. The smallest absolute Gasteiger partial charge is 0.346 e. The largest absolute Gasteiger partial charge is 0.496 e. The Labute approximate surface area is 169 Å². The minimum atomic E-state index is -0.597. The van der Waals surface area contributed by atoms with Crippen LogP contribution in [0.1, 0.15) is 16.1 Å². The zero-order chi connectivity index (χ0) is 20.2. The molecule has 0 saturated heterocycles. The maximum Gasteiger partial charge on any atom is 0.346 e. The van der Waals surface area contributed by atoms with Crippen LogP contribution in [0.25, 0.3) is 21.3 Å². The molecule has 0 aliphatic carbocycles. The molecule has 0 aliphatic rings. The van der Waals surface area contributed by atoms with Crippen molar-refractivity contribution in [2.24, 2.45) is 5.10 Å². The number of H-pyrrole nitrogens is 1. The molecule has 29 heavy (non-hydrogen) atoms. The molecular formula is C21H16N4O3S. The molecule has 2 N–H and O–H groups in total. The summed E-state index contributed by atoms with van der Waals surface area (Å²) in [6.07, 6.45) is 1.52. The number of aromatic amines is 1. The van der Waals surface area contributed by atoms with Gasteiger partial charge < -0.3 is 9.72 Å². The molecule has 2 aromatic carbocycles. The lowest BCUT2D eigenvalue weighted by atomic mass is 10.0. The fraction of sp³-hybridized carbons (Fsp3) is 0.0476. The number of hydrogen-bond donors (Lipinski definition) is 2. The van der Waals surface area contributed by atoms with Gasteiger partial charge in [-0.3, -0.25) is 4.79 Å². The van der Waals surface area contributed by atoms with Crippen molar-refractivity contribution < 1.29 is 9.53 Å². The van der Waals surface area contributed by atoms with E-state index in [-0.39, 0.29) is 5.69 Å². The average molecular weight is 404 g/mol. The van der Waals surface area contributed by atoms with E-state index >= 15 is 0 Å². The van der Waals surface area contributed by atoms with E-state index in [1.807, 2.05) is 53.9 Å². The molecule has 2 aromatic heterocycles. The lowest BCUT2D eigenvalue weighted by molar-refractivity contribution is 0.0949. The van der Waals surface area contributed by atoms with Crippen LogP contribution in [0.5, 0.6) is 5.75 Å². The van der Waals surface area contributed by atoms with Gasteiger partial charge >= 0.3 is 5.69 Å². The highest BCUT2D eigenvalue weighted by Gasteiger charge is 2.11. The van der Waals surface area contributed by atoms with E-state index in [2.05, 4.69) is 20.5 Å².